The molecule has 2 aromatic rings. The van der Waals surface area contributed by atoms with Crippen molar-refractivity contribution in [2.75, 3.05) is 23.7 Å². The Hall–Kier alpha value is -1.77. The first kappa shape index (κ1) is 9.46. The van der Waals surface area contributed by atoms with E-state index in [9.17, 15) is 0 Å². The van der Waals surface area contributed by atoms with Gasteiger partial charge in [0, 0.05) is 24.2 Å². The highest BCUT2D eigenvalue weighted by Gasteiger charge is 2.13. The minimum atomic E-state index is 0.795. The summed E-state index contributed by atoms with van der Waals surface area (Å²) in [4.78, 5) is 7.01. The van der Waals surface area contributed by atoms with Gasteiger partial charge in [0.05, 0.1) is 5.52 Å². The van der Waals surface area contributed by atoms with Crippen LogP contribution in [0.25, 0.3) is 10.9 Å². The van der Waals surface area contributed by atoms with Gasteiger partial charge >= 0.3 is 0 Å². The second-order valence-electron chi connectivity index (χ2n) is 4.32. The third kappa shape index (κ3) is 1.58. The molecule has 0 aliphatic carbocycles. The minimum absolute atomic E-state index is 0.795. The van der Waals surface area contributed by atoms with Crippen molar-refractivity contribution < 1.29 is 0 Å². The predicted molar refractivity (Wildman–Crippen MR) is 67.6 cm³/mol. The number of nitrogen functional groups attached to an aromatic ring is 1. The van der Waals surface area contributed by atoms with Crippen molar-refractivity contribution in [2.45, 2.75) is 12.8 Å². The summed E-state index contributed by atoms with van der Waals surface area (Å²) in [5.74, 6) is 1.09. The monoisotopic (exact) mass is 213 g/mol. The molecule has 1 aliphatic heterocycles. The lowest BCUT2D eigenvalue weighted by atomic mass is 10.2. The Balaban J connectivity index is 2.05. The second kappa shape index (κ2) is 3.67. The summed E-state index contributed by atoms with van der Waals surface area (Å²) in [6.45, 7) is 2.26. The molecule has 2 N–H and O–H groups in total. The van der Waals surface area contributed by atoms with Crippen LogP contribution in [-0.4, -0.2) is 18.1 Å². The van der Waals surface area contributed by atoms with Crippen LogP contribution < -0.4 is 10.6 Å². The van der Waals surface area contributed by atoms with E-state index >= 15 is 0 Å². The average Bonchev–Trinajstić information content (AvgIpc) is 2.82. The molecular weight excluding hydrogens is 198 g/mol. The fourth-order valence-electron chi connectivity index (χ4n) is 2.26. The molecule has 0 bridgehead atoms. The largest absolute Gasteiger partial charge is 0.399 e. The van der Waals surface area contributed by atoms with Crippen molar-refractivity contribution in [3.8, 4) is 0 Å². The van der Waals surface area contributed by atoms with Crippen LogP contribution in [0, 0.1) is 0 Å². The summed E-state index contributed by atoms with van der Waals surface area (Å²) in [5.41, 5.74) is 7.57. The van der Waals surface area contributed by atoms with Crippen molar-refractivity contribution in [3.63, 3.8) is 0 Å². The van der Waals surface area contributed by atoms with Gasteiger partial charge in [-0.05, 0) is 43.2 Å². The lowest BCUT2D eigenvalue weighted by Gasteiger charge is -2.16. The maximum absolute atomic E-state index is 5.75. The van der Waals surface area contributed by atoms with Gasteiger partial charge < -0.3 is 10.6 Å². The van der Waals surface area contributed by atoms with E-state index in [4.69, 9.17) is 5.73 Å². The molecule has 1 aliphatic rings. The molecule has 3 heteroatoms. The van der Waals surface area contributed by atoms with Crippen LogP contribution in [0.3, 0.4) is 0 Å². The van der Waals surface area contributed by atoms with Gasteiger partial charge in [-0.1, -0.05) is 0 Å². The van der Waals surface area contributed by atoms with Crippen LogP contribution in [0.15, 0.2) is 30.3 Å². The molecule has 1 fully saturated rings. The molecule has 0 saturated carbocycles. The standard InChI is InChI=1S/C13H15N3/c14-11-4-5-12-10(9-11)3-6-13(15-12)16-7-1-2-8-16/h3-6,9H,1-2,7-8,14H2. The highest BCUT2D eigenvalue weighted by Crippen LogP contribution is 2.22. The number of nitrogens with two attached hydrogens (primary N) is 1. The van der Waals surface area contributed by atoms with Crippen molar-refractivity contribution in [1.82, 2.24) is 4.98 Å². The normalized spacial score (nSPS) is 15.9. The average molecular weight is 213 g/mol. The lowest BCUT2D eigenvalue weighted by molar-refractivity contribution is 0.944. The Morgan fingerprint density at radius 1 is 1.06 bits per heavy atom. The number of pyridine rings is 1. The van der Waals surface area contributed by atoms with Gasteiger partial charge in [0.2, 0.25) is 0 Å². The Morgan fingerprint density at radius 3 is 2.69 bits per heavy atom. The summed E-state index contributed by atoms with van der Waals surface area (Å²) in [5, 5.41) is 1.11. The highest BCUT2D eigenvalue weighted by atomic mass is 15.2. The van der Waals surface area contributed by atoms with E-state index in [0.29, 0.717) is 0 Å². The van der Waals surface area contributed by atoms with Gasteiger partial charge in [-0.2, -0.15) is 0 Å². The molecule has 2 heterocycles. The van der Waals surface area contributed by atoms with E-state index in [0.717, 1.165) is 35.5 Å². The Morgan fingerprint density at radius 2 is 1.88 bits per heavy atom. The SMILES string of the molecule is Nc1ccc2nc(N3CCCC3)ccc2c1. The molecule has 1 saturated heterocycles. The Kier molecular flexibility index (Phi) is 2.17. The zero-order valence-corrected chi connectivity index (χ0v) is 9.19. The summed E-state index contributed by atoms with van der Waals surface area (Å²) >= 11 is 0. The molecule has 0 spiro atoms. The van der Waals surface area contributed by atoms with Crippen molar-refractivity contribution in [2.24, 2.45) is 0 Å². The van der Waals surface area contributed by atoms with Gasteiger partial charge in [0.1, 0.15) is 5.82 Å². The summed E-state index contributed by atoms with van der Waals surface area (Å²) in [7, 11) is 0. The van der Waals surface area contributed by atoms with Gasteiger partial charge in [-0.15, -0.1) is 0 Å². The number of benzene rings is 1. The fourth-order valence-corrected chi connectivity index (χ4v) is 2.26. The predicted octanol–water partition coefficient (Wildman–Crippen LogP) is 2.42. The van der Waals surface area contributed by atoms with E-state index in [1.54, 1.807) is 0 Å². The van der Waals surface area contributed by atoms with Gasteiger partial charge in [0.15, 0.2) is 0 Å². The summed E-state index contributed by atoms with van der Waals surface area (Å²) < 4.78 is 0. The van der Waals surface area contributed by atoms with E-state index in [-0.39, 0.29) is 0 Å². The van der Waals surface area contributed by atoms with Crippen LogP contribution in [0.5, 0.6) is 0 Å². The number of rotatable bonds is 1. The molecule has 1 aromatic heterocycles. The molecule has 3 nitrogen and oxygen atoms in total. The Bertz CT molecular complexity index is 516. The third-order valence-electron chi connectivity index (χ3n) is 3.13. The maximum Gasteiger partial charge on any atom is 0.129 e. The number of fused-ring (bicyclic) bond motifs is 1. The van der Waals surface area contributed by atoms with Crippen LogP contribution in [0.1, 0.15) is 12.8 Å². The highest BCUT2D eigenvalue weighted by molar-refractivity contribution is 5.83. The van der Waals surface area contributed by atoms with Gasteiger partial charge in [-0.25, -0.2) is 4.98 Å². The van der Waals surface area contributed by atoms with E-state index < -0.39 is 0 Å². The molecule has 0 amide bonds. The third-order valence-corrected chi connectivity index (χ3v) is 3.13. The number of aromatic nitrogens is 1. The van der Waals surface area contributed by atoms with Crippen molar-refractivity contribution in [3.05, 3.63) is 30.3 Å². The first-order valence-electron chi connectivity index (χ1n) is 5.74. The summed E-state index contributed by atoms with van der Waals surface area (Å²) in [6, 6.07) is 10.1. The van der Waals surface area contributed by atoms with E-state index in [1.807, 2.05) is 18.2 Å². The van der Waals surface area contributed by atoms with Crippen LogP contribution in [-0.2, 0) is 0 Å². The number of hydrogen-bond acceptors (Lipinski definition) is 3. The van der Waals surface area contributed by atoms with E-state index in [2.05, 4.69) is 22.0 Å². The Labute approximate surface area is 94.9 Å². The molecule has 3 rings (SSSR count). The first-order valence-corrected chi connectivity index (χ1v) is 5.74. The summed E-state index contributed by atoms with van der Waals surface area (Å²) in [6.07, 6.45) is 2.56. The zero-order chi connectivity index (χ0) is 11.0. The number of anilines is 2. The molecule has 0 atom stereocenters. The minimum Gasteiger partial charge on any atom is -0.399 e. The molecular formula is C13H15N3. The fraction of sp³-hybridized carbons (Fsp3) is 0.308. The molecule has 0 unspecified atom stereocenters. The molecule has 82 valence electrons. The quantitative estimate of drug-likeness (QED) is 0.740. The van der Waals surface area contributed by atoms with Crippen LogP contribution in [0.4, 0.5) is 11.5 Å². The molecule has 16 heavy (non-hydrogen) atoms. The lowest BCUT2D eigenvalue weighted by Crippen LogP contribution is -2.18. The van der Waals surface area contributed by atoms with Crippen LogP contribution >= 0.6 is 0 Å². The maximum atomic E-state index is 5.75. The van der Waals surface area contributed by atoms with Crippen molar-refractivity contribution in [1.29, 1.82) is 0 Å². The van der Waals surface area contributed by atoms with Crippen LogP contribution in [0.2, 0.25) is 0 Å². The van der Waals surface area contributed by atoms with Gasteiger partial charge in [0.25, 0.3) is 0 Å². The first-order chi connectivity index (χ1) is 7.83. The zero-order valence-electron chi connectivity index (χ0n) is 9.19. The van der Waals surface area contributed by atoms with E-state index in [1.165, 1.54) is 12.8 Å². The van der Waals surface area contributed by atoms with Gasteiger partial charge in [-0.3, -0.25) is 0 Å². The second-order valence-corrected chi connectivity index (χ2v) is 4.32. The number of nitrogens with zero attached hydrogens (tertiary/aromatic N) is 2. The molecule has 1 aromatic carbocycles. The van der Waals surface area contributed by atoms with Crippen molar-refractivity contribution >= 4 is 22.4 Å². The topological polar surface area (TPSA) is 42.1 Å². The smallest absolute Gasteiger partial charge is 0.129 e. The number of hydrogen-bond donors (Lipinski definition) is 1. The molecule has 0 radical (unpaired) electrons.